The van der Waals surface area contributed by atoms with Crippen molar-refractivity contribution < 1.29 is 9.84 Å². The van der Waals surface area contributed by atoms with Gasteiger partial charge >= 0.3 is 0 Å². The summed E-state index contributed by atoms with van der Waals surface area (Å²) in [5.74, 6) is 0.796. The first-order valence-electron chi connectivity index (χ1n) is 5.81. The van der Waals surface area contributed by atoms with Crippen molar-refractivity contribution >= 4 is 0 Å². The van der Waals surface area contributed by atoms with Crippen LogP contribution in [0.1, 0.15) is 20.3 Å². The summed E-state index contributed by atoms with van der Waals surface area (Å²) in [6.07, 6.45) is 0.598. The van der Waals surface area contributed by atoms with Gasteiger partial charge in [-0.05, 0) is 25.5 Å². The minimum absolute atomic E-state index is 0.327. The molecule has 0 aliphatic carbocycles. The summed E-state index contributed by atoms with van der Waals surface area (Å²) in [4.78, 5) is 0. The molecule has 2 N–H and O–H groups in total. The third kappa shape index (κ3) is 5.14. The van der Waals surface area contributed by atoms with E-state index in [1.54, 1.807) is 0 Å². The van der Waals surface area contributed by atoms with Crippen LogP contribution in [0.4, 0.5) is 0 Å². The predicted octanol–water partition coefficient (Wildman–Crippen LogP) is 1.81. The van der Waals surface area contributed by atoms with Crippen LogP contribution in [0.3, 0.4) is 0 Å². The van der Waals surface area contributed by atoms with Crippen LogP contribution in [-0.2, 0) is 0 Å². The van der Waals surface area contributed by atoms with E-state index in [-0.39, 0.29) is 0 Å². The molecule has 2 atom stereocenters. The first-order valence-corrected chi connectivity index (χ1v) is 5.81. The fourth-order valence-electron chi connectivity index (χ4n) is 1.25. The van der Waals surface area contributed by atoms with Gasteiger partial charge < -0.3 is 15.2 Å². The lowest BCUT2D eigenvalue weighted by atomic mass is 10.2. The fourth-order valence-corrected chi connectivity index (χ4v) is 1.25. The van der Waals surface area contributed by atoms with Crippen molar-refractivity contribution in [2.24, 2.45) is 0 Å². The van der Waals surface area contributed by atoms with Crippen molar-refractivity contribution in [2.45, 2.75) is 32.4 Å². The molecule has 0 heterocycles. The van der Waals surface area contributed by atoms with E-state index in [9.17, 15) is 5.11 Å². The molecule has 90 valence electrons. The second-order valence-electron chi connectivity index (χ2n) is 4.00. The number of nitrogens with one attached hydrogen (secondary N) is 1. The van der Waals surface area contributed by atoms with Gasteiger partial charge in [-0.3, -0.25) is 0 Å². The Morgan fingerprint density at radius 3 is 2.62 bits per heavy atom. The highest BCUT2D eigenvalue weighted by atomic mass is 16.5. The topological polar surface area (TPSA) is 41.5 Å². The first kappa shape index (κ1) is 13.0. The van der Waals surface area contributed by atoms with Crippen molar-refractivity contribution in [2.75, 3.05) is 13.2 Å². The zero-order valence-electron chi connectivity index (χ0n) is 10.0. The molecule has 0 spiro atoms. The van der Waals surface area contributed by atoms with Crippen molar-refractivity contribution in [3.8, 4) is 5.75 Å². The van der Waals surface area contributed by atoms with E-state index in [2.05, 4.69) is 19.2 Å². The van der Waals surface area contributed by atoms with Crippen LogP contribution in [-0.4, -0.2) is 30.4 Å². The van der Waals surface area contributed by atoms with Crippen LogP contribution in [0, 0.1) is 0 Å². The molecule has 0 aliphatic heterocycles. The number of aliphatic hydroxyl groups excluding tert-OH is 1. The summed E-state index contributed by atoms with van der Waals surface area (Å²) in [7, 11) is 0. The molecule has 0 bridgehead atoms. The smallest absolute Gasteiger partial charge is 0.119 e. The Balaban J connectivity index is 2.18. The highest BCUT2D eigenvalue weighted by molar-refractivity contribution is 5.20. The number of rotatable bonds is 7. The monoisotopic (exact) mass is 223 g/mol. The minimum Gasteiger partial charge on any atom is -0.491 e. The van der Waals surface area contributed by atoms with Crippen LogP contribution in [0.2, 0.25) is 0 Å². The van der Waals surface area contributed by atoms with E-state index in [1.165, 1.54) is 0 Å². The van der Waals surface area contributed by atoms with E-state index in [0.717, 1.165) is 12.2 Å². The summed E-state index contributed by atoms with van der Waals surface area (Å²) < 4.78 is 5.44. The molecule has 0 aliphatic rings. The Bertz CT molecular complexity index is 277. The van der Waals surface area contributed by atoms with Crippen LogP contribution in [0.15, 0.2) is 30.3 Å². The Hall–Kier alpha value is -1.06. The number of hydrogen-bond acceptors (Lipinski definition) is 3. The fraction of sp³-hybridized carbons (Fsp3) is 0.538. The van der Waals surface area contributed by atoms with Crippen LogP contribution in [0.25, 0.3) is 0 Å². The molecule has 0 aromatic heterocycles. The normalized spacial score (nSPS) is 14.4. The predicted molar refractivity (Wildman–Crippen MR) is 65.7 cm³/mol. The van der Waals surface area contributed by atoms with Gasteiger partial charge in [0.2, 0.25) is 0 Å². The number of ether oxygens (including phenoxy) is 1. The molecule has 3 nitrogen and oxygen atoms in total. The molecule has 1 rings (SSSR count). The van der Waals surface area contributed by atoms with Crippen molar-refractivity contribution in [1.29, 1.82) is 0 Å². The molecule has 0 saturated heterocycles. The molecule has 1 aromatic carbocycles. The lowest BCUT2D eigenvalue weighted by Crippen LogP contribution is -2.36. The van der Waals surface area contributed by atoms with Crippen LogP contribution >= 0.6 is 0 Å². The van der Waals surface area contributed by atoms with Gasteiger partial charge in [0.25, 0.3) is 0 Å². The van der Waals surface area contributed by atoms with Gasteiger partial charge in [-0.15, -0.1) is 0 Å². The average Bonchev–Trinajstić information content (AvgIpc) is 2.34. The SMILES string of the molecule is CCC(C)NC[C@H](O)COc1ccccc1. The molecule has 1 aromatic rings. The number of aliphatic hydroxyl groups is 1. The van der Waals surface area contributed by atoms with Gasteiger partial charge in [-0.2, -0.15) is 0 Å². The van der Waals surface area contributed by atoms with Gasteiger partial charge in [-0.1, -0.05) is 25.1 Å². The molecular formula is C13H21NO2. The Kier molecular flexibility index (Phi) is 5.90. The second-order valence-corrected chi connectivity index (χ2v) is 4.00. The molecule has 1 unspecified atom stereocenters. The van der Waals surface area contributed by atoms with Crippen LogP contribution in [0.5, 0.6) is 5.75 Å². The maximum Gasteiger partial charge on any atom is 0.119 e. The lowest BCUT2D eigenvalue weighted by molar-refractivity contribution is 0.104. The minimum atomic E-state index is -0.464. The summed E-state index contributed by atoms with van der Waals surface area (Å²) in [5, 5.41) is 12.9. The van der Waals surface area contributed by atoms with Crippen molar-refractivity contribution in [3.63, 3.8) is 0 Å². The highest BCUT2D eigenvalue weighted by Gasteiger charge is 2.06. The van der Waals surface area contributed by atoms with Gasteiger partial charge in [0.05, 0.1) is 0 Å². The average molecular weight is 223 g/mol. The van der Waals surface area contributed by atoms with E-state index < -0.39 is 6.10 Å². The van der Waals surface area contributed by atoms with Crippen molar-refractivity contribution in [1.82, 2.24) is 5.32 Å². The first-order chi connectivity index (χ1) is 7.72. The number of para-hydroxylation sites is 1. The molecule has 0 radical (unpaired) electrons. The zero-order valence-corrected chi connectivity index (χ0v) is 10.0. The van der Waals surface area contributed by atoms with Gasteiger partial charge in [0.1, 0.15) is 18.5 Å². The molecule has 16 heavy (non-hydrogen) atoms. The maximum atomic E-state index is 9.67. The second kappa shape index (κ2) is 7.25. The summed E-state index contributed by atoms with van der Waals surface area (Å²) in [6.45, 7) is 5.12. The summed E-state index contributed by atoms with van der Waals surface area (Å²) in [5.41, 5.74) is 0. The highest BCUT2D eigenvalue weighted by Crippen LogP contribution is 2.08. The van der Waals surface area contributed by atoms with E-state index >= 15 is 0 Å². The molecule has 3 heteroatoms. The number of benzene rings is 1. The molecule has 0 amide bonds. The summed E-state index contributed by atoms with van der Waals surface area (Å²) >= 11 is 0. The standard InChI is InChI=1S/C13H21NO2/c1-3-11(2)14-9-12(15)10-16-13-7-5-4-6-8-13/h4-8,11-12,14-15H,3,9-10H2,1-2H3/t11?,12-/m0/s1. The lowest BCUT2D eigenvalue weighted by Gasteiger charge is -2.16. The maximum absolute atomic E-state index is 9.67. The van der Waals surface area contributed by atoms with Gasteiger partial charge in [0, 0.05) is 12.6 Å². The largest absolute Gasteiger partial charge is 0.491 e. The third-order valence-electron chi connectivity index (χ3n) is 2.50. The van der Waals surface area contributed by atoms with E-state index in [0.29, 0.717) is 19.2 Å². The quantitative estimate of drug-likeness (QED) is 0.741. The van der Waals surface area contributed by atoms with E-state index in [4.69, 9.17) is 4.74 Å². The Morgan fingerprint density at radius 2 is 2.00 bits per heavy atom. The summed E-state index contributed by atoms with van der Waals surface area (Å²) in [6, 6.07) is 9.97. The number of hydrogen-bond donors (Lipinski definition) is 2. The molecule has 0 saturated carbocycles. The van der Waals surface area contributed by atoms with Gasteiger partial charge in [-0.25, -0.2) is 0 Å². The van der Waals surface area contributed by atoms with Crippen LogP contribution < -0.4 is 10.1 Å². The third-order valence-corrected chi connectivity index (χ3v) is 2.50. The molecular weight excluding hydrogens is 202 g/mol. The van der Waals surface area contributed by atoms with Gasteiger partial charge in [0.15, 0.2) is 0 Å². The Morgan fingerprint density at radius 1 is 1.31 bits per heavy atom. The molecule has 0 fully saturated rings. The Labute approximate surface area is 97.4 Å². The van der Waals surface area contributed by atoms with Crippen molar-refractivity contribution in [3.05, 3.63) is 30.3 Å². The zero-order chi connectivity index (χ0) is 11.8. The van der Waals surface area contributed by atoms with E-state index in [1.807, 2.05) is 30.3 Å².